The minimum Gasteiger partial charge on any atom is -0.481 e. The monoisotopic (exact) mass is 226 g/mol. The van der Waals surface area contributed by atoms with E-state index in [9.17, 15) is 9.59 Å². The molecule has 0 saturated heterocycles. The zero-order valence-electron chi connectivity index (χ0n) is 9.21. The van der Waals surface area contributed by atoms with E-state index in [1.165, 1.54) is 10.7 Å². The summed E-state index contributed by atoms with van der Waals surface area (Å²) in [6.45, 7) is 3.81. The highest BCUT2D eigenvalue weighted by Crippen LogP contribution is 2.03. The lowest BCUT2D eigenvalue weighted by Crippen LogP contribution is -2.17. The molecule has 1 aromatic heterocycles. The number of esters is 1. The number of aromatic nitrogens is 2. The zero-order chi connectivity index (χ0) is 12.1. The Morgan fingerprint density at radius 3 is 2.88 bits per heavy atom. The largest absolute Gasteiger partial charge is 0.481 e. The van der Waals surface area contributed by atoms with Crippen LogP contribution in [0.3, 0.4) is 0 Å². The van der Waals surface area contributed by atoms with Gasteiger partial charge in [0.2, 0.25) is 0 Å². The van der Waals surface area contributed by atoms with Crippen LogP contribution in [-0.2, 0) is 16.1 Å². The summed E-state index contributed by atoms with van der Waals surface area (Å²) < 4.78 is 6.18. The average molecular weight is 226 g/mol. The van der Waals surface area contributed by atoms with Crippen LogP contribution in [0.1, 0.15) is 24.3 Å². The second-order valence-corrected chi connectivity index (χ2v) is 3.38. The SMILES string of the molecule is CCOC(=O)c1ccn(C[C@H](C)C(=O)O)n1. The summed E-state index contributed by atoms with van der Waals surface area (Å²) >= 11 is 0. The third-order valence-electron chi connectivity index (χ3n) is 2.01. The number of carboxylic acids is 1. The normalized spacial score (nSPS) is 12.1. The summed E-state index contributed by atoms with van der Waals surface area (Å²) in [5.41, 5.74) is 0.194. The van der Waals surface area contributed by atoms with E-state index in [0.717, 1.165) is 0 Å². The molecule has 0 aliphatic rings. The summed E-state index contributed by atoms with van der Waals surface area (Å²) in [5.74, 6) is -1.94. The molecule has 0 unspecified atom stereocenters. The molecule has 1 N–H and O–H groups in total. The van der Waals surface area contributed by atoms with Crippen LogP contribution in [0.2, 0.25) is 0 Å². The lowest BCUT2D eigenvalue weighted by molar-refractivity contribution is -0.141. The third kappa shape index (κ3) is 3.08. The van der Waals surface area contributed by atoms with E-state index in [4.69, 9.17) is 9.84 Å². The summed E-state index contributed by atoms with van der Waals surface area (Å²) in [5, 5.41) is 12.6. The Bertz CT molecular complexity index is 386. The number of hydrogen-bond donors (Lipinski definition) is 1. The van der Waals surface area contributed by atoms with E-state index in [1.54, 1.807) is 20.0 Å². The van der Waals surface area contributed by atoms with Gasteiger partial charge in [-0.1, -0.05) is 6.92 Å². The van der Waals surface area contributed by atoms with E-state index in [-0.39, 0.29) is 18.8 Å². The van der Waals surface area contributed by atoms with Crippen molar-refractivity contribution >= 4 is 11.9 Å². The molecular formula is C10H14N2O4. The smallest absolute Gasteiger partial charge is 0.358 e. The van der Waals surface area contributed by atoms with Crippen LogP contribution in [0.25, 0.3) is 0 Å². The van der Waals surface area contributed by atoms with Gasteiger partial charge in [-0.3, -0.25) is 9.48 Å². The molecule has 0 radical (unpaired) electrons. The van der Waals surface area contributed by atoms with Crippen LogP contribution >= 0.6 is 0 Å². The highest BCUT2D eigenvalue weighted by atomic mass is 16.5. The Kier molecular flexibility index (Phi) is 4.04. The first kappa shape index (κ1) is 12.2. The molecule has 0 bridgehead atoms. The Morgan fingerprint density at radius 2 is 2.31 bits per heavy atom. The second-order valence-electron chi connectivity index (χ2n) is 3.38. The first-order valence-corrected chi connectivity index (χ1v) is 4.98. The molecule has 6 heteroatoms. The van der Waals surface area contributed by atoms with Gasteiger partial charge < -0.3 is 9.84 Å². The quantitative estimate of drug-likeness (QED) is 0.750. The van der Waals surface area contributed by atoms with Crippen LogP contribution < -0.4 is 0 Å². The van der Waals surface area contributed by atoms with E-state index < -0.39 is 17.9 Å². The topological polar surface area (TPSA) is 81.4 Å². The van der Waals surface area contributed by atoms with Crippen molar-refractivity contribution < 1.29 is 19.4 Å². The van der Waals surface area contributed by atoms with Crippen molar-refractivity contribution in [1.82, 2.24) is 9.78 Å². The molecule has 1 aromatic rings. The van der Waals surface area contributed by atoms with Gasteiger partial charge in [0.15, 0.2) is 5.69 Å². The second kappa shape index (κ2) is 5.29. The first-order chi connectivity index (χ1) is 7.54. The van der Waals surface area contributed by atoms with Crippen molar-refractivity contribution in [1.29, 1.82) is 0 Å². The fourth-order valence-electron chi connectivity index (χ4n) is 1.14. The number of carbonyl (C=O) groups is 2. The minimum atomic E-state index is -0.895. The summed E-state index contributed by atoms with van der Waals surface area (Å²) in [7, 11) is 0. The number of carboxylic acid groups (broad SMARTS) is 1. The molecule has 0 aliphatic carbocycles. The summed E-state index contributed by atoms with van der Waals surface area (Å²) in [6.07, 6.45) is 1.56. The molecule has 1 heterocycles. The lowest BCUT2D eigenvalue weighted by Gasteiger charge is -2.05. The molecule has 16 heavy (non-hydrogen) atoms. The number of carbonyl (C=O) groups excluding carboxylic acids is 1. The Balaban J connectivity index is 2.64. The predicted octanol–water partition coefficient (Wildman–Crippen LogP) is 0.780. The van der Waals surface area contributed by atoms with Crippen LogP contribution in [-0.4, -0.2) is 33.4 Å². The number of nitrogens with zero attached hydrogens (tertiary/aromatic N) is 2. The third-order valence-corrected chi connectivity index (χ3v) is 2.01. The molecule has 0 aromatic carbocycles. The number of rotatable bonds is 5. The van der Waals surface area contributed by atoms with Gasteiger partial charge in [0.05, 0.1) is 19.1 Å². The van der Waals surface area contributed by atoms with Crippen molar-refractivity contribution in [2.45, 2.75) is 20.4 Å². The van der Waals surface area contributed by atoms with Gasteiger partial charge in [-0.25, -0.2) is 4.79 Å². The molecule has 0 amide bonds. The summed E-state index contributed by atoms with van der Waals surface area (Å²) in [6, 6.07) is 1.51. The number of ether oxygens (including phenoxy) is 1. The highest BCUT2D eigenvalue weighted by molar-refractivity contribution is 5.87. The van der Waals surface area contributed by atoms with Crippen molar-refractivity contribution in [3.8, 4) is 0 Å². The maximum absolute atomic E-state index is 11.3. The molecule has 6 nitrogen and oxygen atoms in total. The van der Waals surface area contributed by atoms with E-state index >= 15 is 0 Å². The Morgan fingerprint density at radius 1 is 1.62 bits per heavy atom. The maximum Gasteiger partial charge on any atom is 0.358 e. The fourth-order valence-corrected chi connectivity index (χ4v) is 1.14. The fraction of sp³-hybridized carbons (Fsp3) is 0.500. The molecule has 0 saturated carbocycles. The average Bonchev–Trinajstić information content (AvgIpc) is 2.66. The first-order valence-electron chi connectivity index (χ1n) is 4.98. The standard InChI is InChI=1S/C10H14N2O4/c1-3-16-10(15)8-4-5-12(11-8)6-7(2)9(13)14/h4-5,7H,3,6H2,1-2H3,(H,13,14)/t7-/m0/s1. The van der Waals surface area contributed by atoms with Gasteiger partial charge in [-0.05, 0) is 13.0 Å². The molecule has 1 atom stereocenters. The van der Waals surface area contributed by atoms with Crippen molar-refractivity contribution in [2.75, 3.05) is 6.61 Å². The molecule has 88 valence electrons. The molecule has 1 rings (SSSR count). The number of hydrogen-bond acceptors (Lipinski definition) is 4. The molecule has 0 spiro atoms. The predicted molar refractivity (Wildman–Crippen MR) is 55.0 cm³/mol. The van der Waals surface area contributed by atoms with Crippen molar-refractivity contribution in [2.24, 2.45) is 5.92 Å². The van der Waals surface area contributed by atoms with E-state index in [0.29, 0.717) is 0 Å². The molecule has 0 aliphatic heterocycles. The highest BCUT2D eigenvalue weighted by Gasteiger charge is 2.14. The lowest BCUT2D eigenvalue weighted by atomic mass is 10.2. The van der Waals surface area contributed by atoms with Crippen LogP contribution in [0.15, 0.2) is 12.3 Å². The Hall–Kier alpha value is -1.85. The Labute approximate surface area is 92.8 Å². The van der Waals surface area contributed by atoms with Crippen LogP contribution in [0.5, 0.6) is 0 Å². The summed E-state index contributed by atoms with van der Waals surface area (Å²) in [4.78, 5) is 21.9. The number of aliphatic carboxylic acids is 1. The van der Waals surface area contributed by atoms with Gasteiger partial charge in [0.25, 0.3) is 0 Å². The van der Waals surface area contributed by atoms with Gasteiger partial charge in [0, 0.05) is 6.20 Å². The van der Waals surface area contributed by atoms with Crippen molar-refractivity contribution in [3.63, 3.8) is 0 Å². The van der Waals surface area contributed by atoms with E-state index in [1.807, 2.05) is 0 Å². The minimum absolute atomic E-state index is 0.194. The van der Waals surface area contributed by atoms with Gasteiger partial charge >= 0.3 is 11.9 Å². The van der Waals surface area contributed by atoms with Gasteiger partial charge in [-0.2, -0.15) is 5.10 Å². The van der Waals surface area contributed by atoms with Crippen LogP contribution in [0.4, 0.5) is 0 Å². The van der Waals surface area contributed by atoms with Gasteiger partial charge in [-0.15, -0.1) is 0 Å². The maximum atomic E-state index is 11.3. The van der Waals surface area contributed by atoms with Crippen LogP contribution in [0, 0.1) is 5.92 Å². The van der Waals surface area contributed by atoms with Crippen molar-refractivity contribution in [3.05, 3.63) is 18.0 Å². The van der Waals surface area contributed by atoms with Gasteiger partial charge in [0.1, 0.15) is 0 Å². The van der Waals surface area contributed by atoms with E-state index in [2.05, 4.69) is 5.10 Å². The molecule has 0 fully saturated rings. The molecular weight excluding hydrogens is 212 g/mol. The zero-order valence-corrected chi connectivity index (χ0v) is 9.21.